The first kappa shape index (κ1) is 12.3. The molecule has 2 aromatic heterocycles. The molecule has 0 saturated carbocycles. The topological polar surface area (TPSA) is 61.6 Å². The van der Waals surface area contributed by atoms with Crippen LogP contribution in [0.1, 0.15) is 17.0 Å². The van der Waals surface area contributed by atoms with Crippen molar-refractivity contribution in [2.75, 3.05) is 5.32 Å². The van der Waals surface area contributed by atoms with Gasteiger partial charge >= 0.3 is 0 Å². The van der Waals surface area contributed by atoms with Crippen LogP contribution < -0.4 is 5.32 Å². The van der Waals surface area contributed by atoms with Crippen LogP contribution in [0.2, 0.25) is 5.15 Å². The summed E-state index contributed by atoms with van der Waals surface area (Å²) in [6.45, 7) is 2.48. The van der Waals surface area contributed by atoms with Gasteiger partial charge in [0.05, 0.1) is 23.9 Å². The Bertz CT molecular complexity index is 604. The highest BCUT2D eigenvalue weighted by Gasteiger charge is 2.01. The molecular formula is C13H11ClN4. The van der Waals surface area contributed by atoms with E-state index in [4.69, 9.17) is 16.9 Å². The molecule has 0 bridgehead atoms. The average molecular weight is 259 g/mol. The van der Waals surface area contributed by atoms with E-state index in [1.54, 1.807) is 6.07 Å². The number of hydrogen-bond acceptors (Lipinski definition) is 4. The summed E-state index contributed by atoms with van der Waals surface area (Å²) >= 11 is 5.82. The van der Waals surface area contributed by atoms with E-state index >= 15 is 0 Å². The van der Waals surface area contributed by atoms with Crippen molar-refractivity contribution in [1.29, 1.82) is 5.26 Å². The number of pyridine rings is 2. The Labute approximate surface area is 110 Å². The van der Waals surface area contributed by atoms with Crippen LogP contribution in [0.15, 0.2) is 30.3 Å². The summed E-state index contributed by atoms with van der Waals surface area (Å²) in [4.78, 5) is 8.46. The van der Waals surface area contributed by atoms with Crippen LogP contribution >= 0.6 is 11.6 Å². The quantitative estimate of drug-likeness (QED) is 0.860. The van der Waals surface area contributed by atoms with Crippen LogP contribution in [0, 0.1) is 18.3 Å². The van der Waals surface area contributed by atoms with Crippen molar-refractivity contribution in [3.8, 4) is 6.07 Å². The Balaban J connectivity index is 2.11. The molecular weight excluding hydrogens is 248 g/mol. The smallest absolute Gasteiger partial charge is 0.132 e. The Morgan fingerprint density at radius 3 is 2.89 bits per heavy atom. The van der Waals surface area contributed by atoms with Crippen molar-refractivity contribution in [3.63, 3.8) is 0 Å². The van der Waals surface area contributed by atoms with Crippen LogP contribution in [-0.2, 0) is 6.54 Å². The van der Waals surface area contributed by atoms with E-state index in [2.05, 4.69) is 15.3 Å². The molecule has 4 nitrogen and oxygen atoms in total. The van der Waals surface area contributed by atoms with E-state index in [0.29, 0.717) is 23.1 Å². The Kier molecular flexibility index (Phi) is 3.75. The maximum absolute atomic E-state index is 8.83. The maximum atomic E-state index is 8.83. The number of halogens is 1. The zero-order chi connectivity index (χ0) is 13.0. The molecule has 2 heterocycles. The SMILES string of the molecule is Cc1cccc(CNc2cc(C#N)cc(Cl)n2)n1. The van der Waals surface area contributed by atoms with Gasteiger partial charge in [-0.05, 0) is 31.2 Å². The molecule has 0 aliphatic carbocycles. The molecule has 0 unspecified atom stereocenters. The summed E-state index contributed by atoms with van der Waals surface area (Å²) in [5.74, 6) is 0.572. The minimum Gasteiger partial charge on any atom is -0.364 e. The largest absolute Gasteiger partial charge is 0.364 e. The predicted molar refractivity (Wildman–Crippen MR) is 70.3 cm³/mol. The summed E-state index contributed by atoms with van der Waals surface area (Å²) < 4.78 is 0. The summed E-state index contributed by atoms with van der Waals surface area (Å²) in [5, 5.41) is 12.2. The van der Waals surface area contributed by atoms with Gasteiger partial charge < -0.3 is 5.32 Å². The van der Waals surface area contributed by atoms with E-state index in [1.165, 1.54) is 6.07 Å². The summed E-state index contributed by atoms with van der Waals surface area (Å²) in [6, 6.07) is 11.0. The second-order valence-corrected chi connectivity index (χ2v) is 4.19. The maximum Gasteiger partial charge on any atom is 0.132 e. The first-order valence-corrected chi connectivity index (χ1v) is 5.79. The number of hydrogen-bond donors (Lipinski definition) is 1. The van der Waals surface area contributed by atoms with E-state index in [-0.39, 0.29) is 0 Å². The molecule has 18 heavy (non-hydrogen) atoms. The van der Waals surface area contributed by atoms with Gasteiger partial charge in [-0.3, -0.25) is 4.98 Å². The number of aromatic nitrogens is 2. The van der Waals surface area contributed by atoms with Crippen LogP contribution in [0.5, 0.6) is 0 Å². The van der Waals surface area contributed by atoms with Crippen molar-refractivity contribution in [2.45, 2.75) is 13.5 Å². The molecule has 0 aliphatic rings. The lowest BCUT2D eigenvalue weighted by atomic mass is 10.3. The van der Waals surface area contributed by atoms with Crippen LogP contribution in [0.4, 0.5) is 5.82 Å². The lowest BCUT2D eigenvalue weighted by molar-refractivity contribution is 1.00. The molecule has 0 saturated heterocycles. The third kappa shape index (κ3) is 3.19. The first-order valence-electron chi connectivity index (χ1n) is 5.41. The molecule has 0 amide bonds. The molecule has 2 rings (SSSR count). The lowest BCUT2D eigenvalue weighted by Crippen LogP contribution is -2.04. The standard InChI is InChI=1S/C13H11ClN4/c1-9-3-2-4-11(17-9)8-16-13-6-10(7-15)5-12(14)18-13/h2-6H,8H2,1H3,(H,16,18). The van der Waals surface area contributed by atoms with E-state index < -0.39 is 0 Å². The van der Waals surface area contributed by atoms with Gasteiger partial charge in [-0.1, -0.05) is 17.7 Å². The van der Waals surface area contributed by atoms with Crippen molar-refractivity contribution in [2.24, 2.45) is 0 Å². The number of nitrogens with one attached hydrogen (secondary N) is 1. The fourth-order valence-corrected chi connectivity index (χ4v) is 1.74. The number of aryl methyl sites for hydroxylation is 1. The minimum atomic E-state index is 0.300. The average Bonchev–Trinajstić information content (AvgIpc) is 2.36. The van der Waals surface area contributed by atoms with E-state index in [9.17, 15) is 0 Å². The molecule has 5 heteroatoms. The monoisotopic (exact) mass is 258 g/mol. The molecule has 0 atom stereocenters. The highest BCUT2D eigenvalue weighted by atomic mass is 35.5. The van der Waals surface area contributed by atoms with Gasteiger partial charge in [-0.15, -0.1) is 0 Å². The zero-order valence-electron chi connectivity index (χ0n) is 9.81. The predicted octanol–water partition coefficient (Wildman–Crippen LogP) is 2.92. The highest BCUT2D eigenvalue weighted by Crippen LogP contribution is 2.14. The molecule has 2 aromatic rings. The summed E-state index contributed by atoms with van der Waals surface area (Å²) in [7, 11) is 0. The highest BCUT2D eigenvalue weighted by molar-refractivity contribution is 6.29. The van der Waals surface area contributed by atoms with Gasteiger partial charge in [-0.25, -0.2) is 4.98 Å². The second kappa shape index (κ2) is 5.48. The molecule has 0 spiro atoms. The second-order valence-electron chi connectivity index (χ2n) is 3.80. The third-order valence-corrected chi connectivity index (χ3v) is 2.51. The first-order chi connectivity index (χ1) is 8.67. The van der Waals surface area contributed by atoms with Gasteiger partial charge in [0, 0.05) is 5.69 Å². The number of nitrogens with zero attached hydrogens (tertiary/aromatic N) is 3. The van der Waals surface area contributed by atoms with Gasteiger partial charge in [0.25, 0.3) is 0 Å². The number of anilines is 1. The van der Waals surface area contributed by atoms with Crippen molar-refractivity contribution in [3.05, 3.63) is 52.4 Å². The van der Waals surface area contributed by atoms with Gasteiger partial charge in [-0.2, -0.15) is 5.26 Å². The molecule has 0 fully saturated rings. The summed E-state index contributed by atoms with van der Waals surface area (Å²) in [6.07, 6.45) is 0. The molecule has 0 radical (unpaired) electrons. The molecule has 0 aliphatic heterocycles. The van der Waals surface area contributed by atoms with Crippen LogP contribution in [0.25, 0.3) is 0 Å². The fraction of sp³-hybridized carbons (Fsp3) is 0.154. The van der Waals surface area contributed by atoms with E-state index in [1.807, 2.05) is 31.2 Å². The van der Waals surface area contributed by atoms with Gasteiger partial charge in [0.1, 0.15) is 11.0 Å². The van der Waals surface area contributed by atoms with Crippen molar-refractivity contribution < 1.29 is 0 Å². The Morgan fingerprint density at radius 2 is 2.17 bits per heavy atom. The van der Waals surface area contributed by atoms with Crippen molar-refractivity contribution in [1.82, 2.24) is 9.97 Å². The van der Waals surface area contributed by atoms with Gasteiger partial charge in [0.15, 0.2) is 0 Å². The normalized spacial score (nSPS) is 9.83. The fourth-order valence-electron chi connectivity index (χ4n) is 1.53. The minimum absolute atomic E-state index is 0.300. The molecule has 1 N–H and O–H groups in total. The molecule has 0 aromatic carbocycles. The van der Waals surface area contributed by atoms with E-state index in [0.717, 1.165) is 11.4 Å². The Hall–Kier alpha value is -2.12. The van der Waals surface area contributed by atoms with Crippen LogP contribution in [-0.4, -0.2) is 9.97 Å². The van der Waals surface area contributed by atoms with Crippen LogP contribution in [0.3, 0.4) is 0 Å². The zero-order valence-corrected chi connectivity index (χ0v) is 10.6. The number of rotatable bonds is 3. The van der Waals surface area contributed by atoms with Crippen molar-refractivity contribution >= 4 is 17.4 Å². The summed E-state index contributed by atoms with van der Waals surface area (Å²) in [5.41, 5.74) is 2.36. The third-order valence-electron chi connectivity index (χ3n) is 2.32. The number of nitriles is 1. The Morgan fingerprint density at radius 1 is 1.33 bits per heavy atom. The van der Waals surface area contributed by atoms with Gasteiger partial charge in [0.2, 0.25) is 0 Å². The lowest BCUT2D eigenvalue weighted by Gasteiger charge is -2.06. The molecule has 90 valence electrons.